The predicted molar refractivity (Wildman–Crippen MR) is 71.8 cm³/mol. The van der Waals surface area contributed by atoms with Crippen LogP contribution in [-0.2, 0) is 11.3 Å². The molecule has 1 amide bonds. The van der Waals surface area contributed by atoms with Crippen molar-refractivity contribution in [2.75, 3.05) is 0 Å². The summed E-state index contributed by atoms with van der Waals surface area (Å²) < 4.78 is 0. The van der Waals surface area contributed by atoms with Crippen molar-refractivity contribution in [3.05, 3.63) is 35.4 Å². The van der Waals surface area contributed by atoms with Crippen LogP contribution in [0.5, 0.6) is 0 Å². The Labute approximate surface area is 112 Å². The monoisotopic (exact) mass is 261 g/mol. The smallest absolute Gasteiger partial charge is 0.335 e. The molecule has 0 saturated heterocycles. The van der Waals surface area contributed by atoms with Crippen LogP contribution in [0.4, 0.5) is 0 Å². The second-order valence-corrected chi connectivity index (χ2v) is 5.06. The van der Waals surface area contributed by atoms with Crippen LogP contribution in [0.1, 0.15) is 48.0 Å². The number of hydrogen-bond donors (Lipinski definition) is 2. The zero-order valence-electron chi connectivity index (χ0n) is 10.9. The van der Waals surface area contributed by atoms with E-state index in [9.17, 15) is 9.59 Å². The second kappa shape index (κ2) is 6.36. The predicted octanol–water partition coefficient (Wildman–Crippen LogP) is 2.58. The van der Waals surface area contributed by atoms with Gasteiger partial charge in [0.25, 0.3) is 0 Å². The molecule has 2 rings (SSSR count). The van der Waals surface area contributed by atoms with Gasteiger partial charge in [0, 0.05) is 12.5 Å². The van der Waals surface area contributed by atoms with Gasteiger partial charge in [-0.2, -0.15) is 0 Å². The van der Waals surface area contributed by atoms with E-state index in [1.807, 2.05) is 6.07 Å². The molecule has 0 radical (unpaired) electrons. The first-order valence-corrected chi connectivity index (χ1v) is 6.77. The normalized spacial score (nSPS) is 16.0. The molecule has 1 saturated carbocycles. The maximum absolute atomic E-state index is 12.0. The minimum absolute atomic E-state index is 0.0976. The number of hydrogen-bond acceptors (Lipinski definition) is 2. The van der Waals surface area contributed by atoms with Crippen LogP contribution in [0, 0.1) is 5.92 Å². The largest absolute Gasteiger partial charge is 0.478 e. The van der Waals surface area contributed by atoms with Gasteiger partial charge in [0.05, 0.1) is 5.56 Å². The Morgan fingerprint density at radius 1 is 1.21 bits per heavy atom. The number of amides is 1. The van der Waals surface area contributed by atoms with Crippen LogP contribution in [0.2, 0.25) is 0 Å². The van der Waals surface area contributed by atoms with E-state index >= 15 is 0 Å². The zero-order valence-corrected chi connectivity index (χ0v) is 10.9. The number of nitrogens with one attached hydrogen (secondary N) is 1. The highest BCUT2D eigenvalue weighted by Gasteiger charge is 2.20. The van der Waals surface area contributed by atoms with E-state index in [-0.39, 0.29) is 17.4 Å². The van der Waals surface area contributed by atoms with E-state index in [1.54, 1.807) is 18.2 Å². The number of carboxylic acid groups (broad SMARTS) is 1. The molecule has 1 aromatic carbocycles. The van der Waals surface area contributed by atoms with Crippen LogP contribution in [-0.4, -0.2) is 17.0 Å². The van der Waals surface area contributed by atoms with Gasteiger partial charge in [-0.1, -0.05) is 31.4 Å². The van der Waals surface area contributed by atoms with Crippen LogP contribution in [0.15, 0.2) is 24.3 Å². The maximum Gasteiger partial charge on any atom is 0.335 e. The molecule has 1 fully saturated rings. The first-order chi connectivity index (χ1) is 9.16. The van der Waals surface area contributed by atoms with E-state index in [0.717, 1.165) is 31.2 Å². The Hall–Kier alpha value is -1.84. The molecule has 1 aromatic rings. The topological polar surface area (TPSA) is 66.4 Å². The highest BCUT2D eigenvalue weighted by atomic mass is 16.4. The molecule has 4 heteroatoms. The van der Waals surface area contributed by atoms with Crippen molar-refractivity contribution in [3.63, 3.8) is 0 Å². The Bertz CT molecular complexity index is 464. The summed E-state index contributed by atoms with van der Waals surface area (Å²) in [7, 11) is 0. The molecule has 0 bridgehead atoms. The lowest BCUT2D eigenvalue weighted by Gasteiger charge is -2.20. The molecule has 2 N–H and O–H groups in total. The lowest BCUT2D eigenvalue weighted by atomic mass is 9.88. The van der Waals surface area contributed by atoms with E-state index in [2.05, 4.69) is 5.32 Å². The minimum Gasteiger partial charge on any atom is -0.478 e. The van der Waals surface area contributed by atoms with Gasteiger partial charge in [0.2, 0.25) is 5.91 Å². The molecule has 0 aromatic heterocycles. The number of carboxylic acids is 1. The van der Waals surface area contributed by atoms with Gasteiger partial charge in [0.1, 0.15) is 0 Å². The summed E-state index contributed by atoms with van der Waals surface area (Å²) in [4.78, 5) is 22.8. The standard InChI is InChI=1S/C15H19NO3/c17-14(12-6-2-1-3-7-12)16-10-11-5-4-8-13(9-11)15(18)19/h4-5,8-9,12H,1-3,6-7,10H2,(H,16,17)(H,18,19). The van der Waals surface area contributed by atoms with Crippen molar-refractivity contribution < 1.29 is 14.7 Å². The summed E-state index contributed by atoms with van der Waals surface area (Å²) in [6, 6.07) is 6.68. The molecular weight excluding hydrogens is 242 g/mol. The van der Waals surface area contributed by atoms with Gasteiger partial charge in [0.15, 0.2) is 0 Å². The van der Waals surface area contributed by atoms with Gasteiger partial charge >= 0.3 is 5.97 Å². The first-order valence-electron chi connectivity index (χ1n) is 6.77. The third kappa shape index (κ3) is 3.81. The van der Waals surface area contributed by atoms with Crippen LogP contribution >= 0.6 is 0 Å². The second-order valence-electron chi connectivity index (χ2n) is 5.06. The Morgan fingerprint density at radius 3 is 2.63 bits per heavy atom. The molecule has 1 aliphatic rings. The molecule has 0 atom stereocenters. The SMILES string of the molecule is O=C(O)c1cccc(CNC(=O)C2CCCCC2)c1. The van der Waals surface area contributed by atoms with Crippen LogP contribution < -0.4 is 5.32 Å². The van der Waals surface area contributed by atoms with Crippen molar-refractivity contribution >= 4 is 11.9 Å². The molecular formula is C15H19NO3. The summed E-state index contributed by atoms with van der Waals surface area (Å²) in [5, 5.41) is 11.8. The van der Waals surface area contributed by atoms with Crippen molar-refractivity contribution in [2.45, 2.75) is 38.6 Å². The van der Waals surface area contributed by atoms with Crippen molar-refractivity contribution in [2.24, 2.45) is 5.92 Å². The minimum atomic E-state index is -0.944. The fraction of sp³-hybridized carbons (Fsp3) is 0.467. The van der Waals surface area contributed by atoms with Gasteiger partial charge in [-0.05, 0) is 30.5 Å². The zero-order chi connectivity index (χ0) is 13.7. The van der Waals surface area contributed by atoms with Crippen LogP contribution in [0.25, 0.3) is 0 Å². The van der Waals surface area contributed by atoms with Crippen molar-refractivity contribution in [3.8, 4) is 0 Å². The van der Waals surface area contributed by atoms with Gasteiger partial charge in [-0.3, -0.25) is 4.79 Å². The lowest BCUT2D eigenvalue weighted by molar-refractivity contribution is -0.126. The molecule has 4 nitrogen and oxygen atoms in total. The average molecular weight is 261 g/mol. The maximum atomic E-state index is 12.0. The van der Waals surface area contributed by atoms with E-state index in [4.69, 9.17) is 5.11 Å². The van der Waals surface area contributed by atoms with Gasteiger partial charge < -0.3 is 10.4 Å². The number of carbonyl (C=O) groups is 2. The van der Waals surface area contributed by atoms with E-state index in [0.29, 0.717) is 6.54 Å². The van der Waals surface area contributed by atoms with E-state index < -0.39 is 5.97 Å². The summed E-state index contributed by atoms with van der Waals surface area (Å²) in [6.45, 7) is 0.399. The Kier molecular flexibility index (Phi) is 4.55. The highest BCUT2D eigenvalue weighted by Crippen LogP contribution is 2.23. The summed E-state index contributed by atoms with van der Waals surface area (Å²) >= 11 is 0. The molecule has 0 heterocycles. The molecule has 0 spiro atoms. The quantitative estimate of drug-likeness (QED) is 0.875. The number of rotatable bonds is 4. The number of benzene rings is 1. The molecule has 0 aliphatic heterocycles. The third-order valence-electron chi connectivity index (χ3n) is 3.62. The van der Waals surface area contributed by atoms with E-state index in [1.165, 1.54) is 6.42 Å². The fourth-order valence-corrected chi connectivity index (χ4v) is 2.51. The van der Waals surface area contributed by atoms with Crippen molar-refractivity contribution in [1.82, 2.24) is 5.32 Å². The average Bonchev–Trinajstić information content (AvgIpc) is 2.46. The molecule has 19 heavy (non-hydrogen) atoms. The summed E-state index contributed by atoms with van der Waals surface area (Å²) in [5.41, 5.74) is 1.08. The third-order valence-corrected chi connectivity index (χ3v) is 3.62. The van der Waals surface area contributed by atoms with Gasteiger partial charge in [-0.15, -0.1) is 0 Å². The molecule has 1 aliphatic carbocycles. The first kappa shape index (κ1) is 13.6. The fourth-order valence-electron chi connectivity index (χ4n) is 2.51. The number of aromatic carboxylic acids is 1. The summed E-state index contributed by atoms with van der Waals surface area (Å²) in [5.74, 6) is -0.711. The molecule has 102 valence electrons. The Balaban J connectivity index is 1.89. The van der Waals surface area contributed by atoms with Crippen molar-refractivity contribution in [1.29, 1.82) is 0 Å². The lowest BCUT2D eigenvalue weighted by Crippen LogP contribution is -2.31. The molecule has 0 unspecified atom stereocenters. The highest BCUT2D eigenvalue weighted by molar-refractivity contribution is 5.87. The Morgan fingerprint density at radius 2 is 1.95 bits per heavy atom. The van der Waals surface area contributed by atoms with Gasteiger partial charge in [-0.25, -0.2) is 4.79 Å². The number of carbonyl (C=O) groups excluding carboxylic acids is 1. The van der Waals surface area contributed by atoms with Crippen LogP contribution in [0.3, 0.4) is 0 Å². The summed E-state index contributed by atoms with van der Waals surface area (Å²) in [6.07, 6.45) is 5.44.